The second-order valence-corrected chi connectivity index (χ2v) is 9.21. The van der Waals surface area contributed by atoms with E-state index in [0.29, 0.717) is 5.02 Å². The van der Waals surface area contributed by atoms with Crippen LogP contribution < -0.4 is 0 Å². The normalized spacial score (nSPS) is 13.4. The summed E-state index contributed by atoms with van der Waals surface area (Å²) in [6.45, 7) is 14.2. The van der Waals surface area contributed by atoms with Crippen LogP contribution in [0.5, 0.6) is 0 Å². The standard InChI is InChI=1S/C25H39ClO4/c1-8-10-12-22(16(3)4)29-24(27)19-14-18(7)21(26)15-20(19)25(28)30-23(17(5)6)13-11-9-2/h14-17,22-23H,8-13H2,1-7H3. The smallest absolute Gasteiger partial charge is 0.339 e. The van der Waals surface area contributed by atoms with Crippen molar-refractivity contribution in [2.45, 2.75) is 99.2 Å². The summed E-state index contributed by atoms with van der Waals surface area (Å²) in [4.78, 5) is 26.0. The van der Waals surface area contributed by atoms with Crippen molar-refractivity contribution in [3.8, 4) is 0 Å². The van der Waals surface area contributed by atoms with E-state index in [1.807, 2.05) is 34.6 Å². The topological polar surface area (TPSA) is 52.6 Å². The summed E-state index contributed by atoms with van der Waals surface area (Å²) in [6.07, 6.45) is 5.24. The number of esters is 2. The van der Waals surface area contributed by atoms with Crippen LogP contribution in [0.2, 0.25) is 5.02 Å². The third kappa shape index (κ3) is 7.94. The van der Waals surface area contributed by atoms with E-state index in [2.05, 4.69) is 13.8 Å². The molecule has 30 heavy (non-hydrogen) atoms. The molecule has 1 aromatic carbocycles. The van der Waals surface area contributed by atoms with Gasteiger partial charge in [-0.3, -0.25) is 0 Å². The average molecular weight is 439 g/mol. The van der Waals surface area contributed by atoms with Gasteiger partial charge in [-0.1, -0.05) is 78.8 Å². The highest BCUT2D eigenvalue weighted by molar-refractivity contribution is 6.32. The first kappa shape index (κ1) is 26.5. The van der Waals surface area contributed by atoms with Gasteiger partial charge in [0.25, 0.3) is 0 Å². The Hall–Kier alpha value is -1.55. The molecule has 0 aliphatic rings. The van der Waals surface area contributed by atoms with Crippen LogP contribution in [0.3, 0.4) is 0 Å². The summed E-state index contributed by atoms with van der Waals surface area (Å²) >= 11 is 6.28. The average Bonchev–Trinajstić information content (AvgIpc) is 2.69. The van der Waals surface area contributed by atoms with Crippen LogP contribution in [-0.4, -0.2) is 24.1 Å². The van der Waals surface area contributed by atoms with Crippen LogP contribution in [0.15, 0.2) is 12.1 Å². The van der Waals surface area contributed by atoms with E-state index in [4.69, 9.17) is 21.1 Å². The molecule has 0 spiro atoms. The van der Waals surface area contributed by atoms with Crippen LogP contribution in [0.1, 0.15) is 106 Å². The van der Waals surface area contributed by atoms with Gasteiger partial charge in [0, 0.05) is 5.02 Å². The highest BCUT2D eigenvalue weighted by Crippen LogP contribution is 2.26. The first-order valence-electron chi connectivity index (χ1n) is 11.3. The van der Waals surface area contributed by atoms with E-state index in [0.717, 1.165) is 44.1 Å². The number of unbranched alkanes of at least 4 members (excludes halogenated alkanes) is 2. The molecule has 0 aliphatic carbocycles. The van der Waals surface area contributed by atoms with Gasteiger partial charge in [0.1, 0.15) is 12.2 Å². The highest BCUT2D eigenvalue weighted by Gasteiger charge is 2.27. The minimum absolute atomic E-state index is 0.177. The van der Waals surface area contributed by atoms with Gasteiger partial charge < -0.3 is 9.47 Å². The molecule has 0 radical (unpaired) electrons. The Morgan fingerprint density at radius 2 is 1.23 bits per heavy atom. The summed E-state index contributed by atoms with van der Waals surface area (Å²) in [6, 6.07) is 3.17. The molecule has 1 aromatic rings. The number of benzene rings is 1. The molecule has 0 fully saturated rings. The highest BCUT2D eigenvalue weighted by atomic mass is 35.5. The molecule has 1 rings (SSSR count). The van der Waals surface area contributed by atoms with Crippen molar-refractivity contribution >= 4 is 23.5 Å². The lowest BCUT2D eigenvalue weighted by Crippen LogP contribution is -2.27. The Labute approximate surface area is 187 Å². The molecule has 2 atom stereocenters. The molecule has 0 saturated carbocycles. The van der Waals surface area contributed by atoms with Crippen molar-refractivity contribution in [3.05, 3.63) is 33.8 Å². The van der Waals surface area contributed by atoms with Gasteiger partial charge in [-0.25, -0.2) is 9.59 Å². The Bertz CT molecular complexity index is 638. The van der Waals surface area contributed by atoms with Crippen molar-refractivity contribution in [2.24, 2.45) is 11.8 Å². The fraction of sp³-hybridized carbons (Fsp3) is 0.680. The molecule has 0 aromatic heterocycles. The van der Waals surface area contributed by atoms with Crippen LogP contribution in [0, 0.1) is 18.8 Å². The van der Waals surface area contributed by atoms with Gasteiger partial charge in [0.05, 0.1) is 11.1 Å². The van der Waals surface area contributed by atoms with Gasteiger partial charge in [-0.15, -0.1) is 0 Å². The van der Waals surface area contributed by atoms with Crippen LogP contribution in [0.4, 0.5) is 0 Å². The quantitative estimate of drug-likeness (QED) is 0.319. The predicted molar refractivity (Wildman–Crippen MR) is 123 cm³/mol. The van der Waals surface area contributed by atoms with Crippen LogP contribution >= 0.6 is 11.6 Å². The Balaban J connectivity index is 3.16. The van der Waals surface area contributed by atoms with Crippen LogP contribution in [-0.2, 0) is 9.47 Å². The minimum Gasteiger partial charge on any atom is -0.458 e. The lowest BCUT2D eigenvalue weighted by Gasteiger charge is -2.24. The van der Waals surface area contributed by atoms with Gasteiger partial charge >= 0.3 is 11.9 Å². The van der Waals surface area contributed by atoms with E-state index in [1.54, 1.807) is 6.07 Å². The summed E-state index contributed by atoms with van der Waals surface area (Å²) < 4.78 is 11.6. The number of carbonyl (C=O) groups excluding carboxylic acids is 2. The van der Waals surface area contributed by atoms with Gasteiger partial charge in [-0.2, -0.15) is 0 Å². The molecule has 5 heteroatoms. The largest absolute Gasteiger partial charge is 0.458 e. The maximum absolute atomic E-state index is 13.0. The van der Waals surface area contributed by atoms with E-state index in [-0.39, 0.29) is 35.2 Å². The number of ether oxygens (including phenoxy) is 2. The van der Waals surface area contributed by atoms with Gasteiger partial charge in [0.15, 0.2) is 0 Å². The fourth-order valence-electron chi connectivity index (χ4n) is 3.29. The number of aryl methyl sites for hydroxylation is 1. The summed E-state index contributed by atoms with van der Waals surface area (Å²) in [5, 5.41) is 0.430. The summed E-state index contributed by atoms with van der Waals surface area (Å²) in [5.74, 6) is -0.626. The molecule has 2 unspecified atom stereocenters. The molecule has 0 N–H and O–H groups in total. The summed E-state index contributed by atoms with van der Waals surface area (Å²) in [5.41, 5.74) is 1.12. The van der Waals surface area contributed by atoms with Crippen LogP contribution in [0.25, 0.3) is 0 Å². The molecular formula is C25H39ClO4. The molecule has 4 nitrogen and oxygen atoms in total. The van der Waals surface area contributed by atoms with E-state index in [1.165, 1.54) is 6.07 Å². The number of rotatable bonds is 12. The molecule has 0 amide bonds. The first-order valence-corrected chi connectivity index (χ1v) is 11.7. The number of carbonyl (C=O) groups is 2. The zero-order valence-electron chi connectivity index (χ0n) is 19.7. The molecule has 0 heterocycles. The van der Waals surface area contributed by atoms with Crippen molar-refractivity contribution in [1.82, 2.24) is 0 Å². The Morgan fingerprint density at radius 1 is 0.833 bits per heavy atom. The van der Waals surface area contributed by atoms with E-state index >= 15 is 0 Å². The molecule has 0 saturated heterocycles. The van der Waals surface area contributed by atoms with E-state index in [9.17, 15) is 9.59 Å². The SMILES string of the molecule is CCCCC(OC(=O)c1cc(C)c(Cl)cc1C(=O)OC(CCCC)C(C)C)C(C)C. The fourth-order valence-corrected chi connectivity index (χ4v) is 3.45. The monoisotopic (exact) mass is 438 g/mol. The predicted octanol–water partition coefficient (Wildman–Crippen LogP) is 7.39. The third-order valence-electron chi connectivity index (χ3n) is 5.43. The maximum atomic E-state index is 13.0. The van der Waals surface area contributed by atoms with E-state index < -0.39 is 11.9 Å². The van der Waals surface area contributed by atoms with Crippen molar-refractivity contribution in [3.63, 3.8) is 0 Å². The Morgan fingerprint density at radius 3 is 1.60 bits per heavy atom. The van der Waals surface area contributed by atoms with Crippen molar-refractivity contribution in [1.29, 1.82) is 0 Å². The zero-order valence-corrected chi connectivity index (χ0v) is 20.5. The molecule has 0 bridgehead atoms. The third-order valence-corrected chi connectivity index (χ3v) is 5.83. The Kier molecular flexibility index (Phi) is 11.5. The second kappa shape index (κ2) is 13.0. The van der Waals surface area contributed by atoms with Gasteiger partial charge in [0.2, 0.25) is 0 Å². The molecular weight excluding hydrogens is 400 g/mol. The van der Waals surface area contributed by atoms with Crippen molar-refractivity contribution in [2.75, 3.05) is 0 Å². The number of hydrogen-bond donors (Lipinski definition) is 0. The lowest BCUT2D eigenvalue weighted by atomic mass is 10.00. The summed E-state index contributed by atoms with van der Waals surface area (Å²) in [7, 11) is 0. The molecule has 0 aliphatic heterocycles. The number of hydrogen-bond acceptors (Lipinski definition) is 4. The zero-order chi connectivity index (χ0) is 22.8. The van der Waals surface area contributed by atoms with Gasteiger partial charge in [-0.05, 0) is 49.3 Å². The maximum Gasteiger partial charge on any atom is 0.339 e. The minimum atomic E-state index is -0.520. The lowest BCUT2D eigenvalue weighted by molar-refractivity contribution is 0.0107. The molecule has 170 valence electrons. The second-order valence-electron chi connectivity index (χ2n) is 8.81. The first-order chi connectivity index (χ1) is 14.1. The number of halogens is 1. The van der Waals surface area contributed by atoms with Crippen molar-refractivity contribution < 1.29 is 19.1 Å².